The van der Waals surface area contributed by atoms with E-state index in [1.165, 1.54) is 5.39 Å². The topological polar surface area (TPSA) is 76.1 Å². The molecule has 0 aliphatic carbocycles. The molecular formula is C28H32N6OS. The van der Waals surface area contributed by atoms with Crippen LogP contribution in [-0.2, 0) is 11.2 Å². The Hall–Kier alpha value is -3.23. The van der Waals surface area contributed by atoms with Gasteiger partial charge in [-0.2, -0.15) is 0 Å². The van der Waals surface area contributed by atoms with Gasteiger partial charge in [-0.15, -0.1) is 11.3 Å². The lowest BCUT2D eigenvalue weighted by Crippen LogP contribution is -2.57. The Bertz CT molecular complexity index is 1300. The molecule has 3 aliphatic rings. The molecule has 3 atom stereocenters. The summed E-state index contributed by atoms with van der Waals surface area (Å²) >= 11 is 1.65. The van der Waals surface area contributed by atoms with Gasteiger partial charge in [0.2, 0.25) is 5.91 Å². The lowest BCUT2D eigenvalue weighted by Gasteiger charge is -2.46. The molecular weight excluding hydrogens is 468 g/mol. The van der Waals surface area contributed by atoms with E-state index in [4.69, 9.17) is 0 Å². The molecule has 2 aromatic heterocycles. The summed E-state index contributed by atoms with van der Waals surface area (Å²) in [5.74, 6) is 1.44. The van der Waals surface area contributed by atoms with Crippen LogP contribution in [0.2, 0.25) is 0 Å². The first-order chi connectivity index (χ1) is 17.6. The fourth-order valence-electron chi connectivity index (χ4n) is 6.14. The van der Waals surface area contributed by atoms with E-state index in [2.05, 4.69) is 68.6 Å². The van der Waals surface area contributed by atoms with Gasteiger partial charge < -0.3 is 14.8 Å². The van der Waals surface area contributed by atoms with Crippen LogP contribution in [0.4, 0.5) is 0 Å². The SMILES string of the molecule is CC=NC1=NC=CN2C1C(c1cc3ccccc3[nH]1)NC2(C)C1CCN(C(=O)Cc2cccs2)CC1. The molecule has 0 spiro atoms. The maximum Gasteiger partial charge on any atom is 0.227 e. The predicted molar refractivity (Wildman–Crippen MR) is 146 cm³/mol. The summed E-state index contributed by atoms with van der Waals surface area (Å²) in [6, 6.07) is 14.7. The zero-order valence-corrected chi connectivity index (χ0v) is 21.5. The molecule has 2 N–H and O–H groups in total. The highest BCUT2D eigenvalue weighted by molar-refractivity contribution is 7.10. The molecule has 2 saturated heterocycles. The number of hydrogen-bond donors (Lipinski definition) is 2. The highest BCUT2D eigenvalue weighted by Gasteiger charge is 2.54. The maximum atomic E-state index is 12.9. The van der Waals surface area contributed by atoms with Gasteiger partial charge in [0.1, 0.15) is 6.04 Å². The van der Waals surface area contributed by atoms with Crippen molar-refractivity contribution < 1.29 is 4.79 Å². The van der Waals surface area contributed by atoms with Crippen LogP contribution in [0.15, 0.2) is 70.2 Å². The summed E-state index contributed by atoms with van der Waals surface area (Å²) in [5.41, 5.74) is 2.00. The fourth-order valence-corrected chi connectivity index (χ4v) is 6.84. The smallest absolute Gasteiger partial charge is 0.227 e. The Morgan fingerprint density at radius 3 is 2.83 bits per heavy atom. The van der Waals surface area contributed by atoms with E-state index in [-0.39, 0.29) is 23.7 Å². The number of benzene rings is 1. The van der Waals surface area contributed by atoms with Gasteiger partial charge in [0.25, 0.3) is 0 Å². The lowest BCUT2D eigenvalue weighted by molar-refractivity contribution is -0.132. The Kier molecular flexibility index (Phi) is 6.01. The summed E-state index contributed by atoms with van der Waals surface area (Å²) in [4.78, 5) is 31.5. The minimum absolute atomic E-state index is 0.0113. The zero-order chi connectivity index (χ0) is 24.7. The number of para-hydroxylation sites is 1. The Labute approximate surface area is 215 Å². The summed E-state index contributed by atoms with van der Waals surface area (Å²) in [5, 5.41) is 7.25. The first-order valence-corrected chi connectivity index (χ1v) is 13.6. The predicted octanol–water partition coefficient (Wildman–Crippen LogP) is 4.72. The molecule has 3 aliphatic heterocycles. The summed E-state index contributed by atoms with van der Waals surface area (Å²) in [6.07, 6.45) is 8.23. The third kappa shape index (κ3) is 3.98. The van der Waals surface area contributed by atoms with E-state index in [0.29, 0.717) is 12.3 Å². The highest BCUT2D eigenvalue weighted by atomic mass is 32.1. The Morgan fingerprint density at radius 1 is 1.25 bits per heavy atom. The molecule has 1 aromatic carbocycles. The molecule has 186 valence electrons. The van der Waals surface area contributed by atoms with Gasteiger partial charge in [0.05, 0.1) is 18.1 Å². The monoisotopic (exact) mass is 500 g/mol. The van der Waals surface area contributed by atoms with Gasteiger partial charge in [-0.3, -0.25) is 10.1 Å². The van der Waals surface area contributed by atoms with Gasteiger partial charge >= 0.3 is 0 Å². The average Bonchev–Trinajstić information content (AvgIpc) is 3.63. The van der Waals surface area contributed by atoms with Crippen LogP contribution in [0, 0.1) is 5.92 Å². The molecule has 0 bridgehead atoms. The zero-order valence-electron chi connectivity index (χ0n) is 20.7. The molecule has 6 rings (SSSR count). The molecule has 5 heterocycles. The molecule has 0 saturated carbocycles. The van der Waals surface area contributed by atoms with Gasteiger partial charge in [-0.25, -0.2) is 9.98 Å². The third-order valence-corrected chi connectivity index (χ3v) is 8.87. The van der Waals surface area contributed by atoms with Crippen LogP contribution >= 0.6 is 11.3 Å². The van der Waals surface area contributed by atoms with Gasteiger partial charge in [-0.05, 0) is 61.6 Å². The number of carbonyl (C=O) groups is 1. The minimum Gasteiger partial charge on any atom is -0.357 e. The van der Waals surface area contributed by atoms with Crippen molar-refractivity contribution in [3.63, 3.8) is 0 Å². The summed E-state index contributed by atoms with van der Waals surface area (Å²) in [6.45, 7) is 5.83. The van der Waals surface area contributed by atoms with Crippen LogP contribution in [0.3, 0.4) is 0 Å². The van der Waals surface area contributed by atoms with Gasteiger partial charge in [-0.1, -0.05) is 24.3 Å². The summed E-state index contributed by atoms with van der Waals surface area (Å²) in [7, 11) is 0. The second-order valence-electron chi connectivity index (χ2n) is 10.0. The van der Waals surface area contributed by atoms with Crippen molar-refractivity contribution in [2.75, 3.05) is 13.1 Å². The number of hydrogen-bond acceptors (Lipinski definition) is 6. The van der Waals surface area contributed by atoms with Crippen molar-refractivity contribution in [3.8, 4) is 0 Å². The number of aromatic nitrogens is 1. The molecule has 8 heteroatoms. The number of aliphatic imine (C=N–C) groups is 2. The fraction of sp³-hybridized carbons (Fsp3) is 0.393. The number of aromatic amines is 1. The van der Waals surface area contributed by atoms with Crippen molar-refractivity contribution in [1.82, 2.24) is 20.1 Å². The quantitative estimate of drug-likeness (QED) is 0.509. The number of amides is 1. The van der Waals surface area contributed by atoms with Crippen molar-refractivity contribution in [1.29, 1.82) is 0 Å². The third-order valence-electron chi connectivity index (χ3n) is 7.99. The average molecular weight is 501 g/mol. The van der Waals surface area contributed by atoms with Gasteiger partial charge in [0.15, 0.2) is 5.84 Å². The molecule has 3 aromatic rings. The molecule has 36 heavy (non-hydrogen) atoms. The maximum absolute atomic E-state index is 12.9. The van der Waals surface area contributed by atoms with E-state index in [1.54, 1.807) is 11.3 Å². The Morgan fingerprint density at radius 2 is 2.08 bits per heavy atom. The first kappa shape index (κ1) is 23.2. The van der Waals surface area contributed by atoms with E-state index < -0.39 is 0 Å². The molecule has 0 radical (unpaired) electrons. The molecule has 1 amide bonds. The van der Waals surface area contributed by atoms with Crippen molar-refractivity contribution >= 4 is 40.2 Å². The van der Waals surface area contributed by atoms with Crippen LogP contribution < -0.4 is 5.32 Å². The van der Waals surface area contributed by atoms with Crippen LogP contribution in [0.25, 0.3) is 10.9 Å². The van der Waals surface area contributed by atoms with Crippen molar-refractivity contribution in [2.45, 2.75) is 50.9 Å². The molecule has 2 fully saturated rings. The second-order valence-corrected chi connectivity index (χ2v) is 11.0. The van der Waals surface area contributed by atoms with Crippen LogP contribution in [0.1, 0.15) is 43.3 Å². The number of nitrogens with one attached hydrogen (secondary N) is 2. The van der Waals surface area contributed by atoms with E-state index in [9.17, 15) is 4.79 Å². The molecule has 3 unspecified atom stereocenters. The first-order valence-electron chi connectivity index (χ1n) is 12.7. The number of piperidine rings is 1. The second kappa shape index (κ2) is 9.33. The van der Waals surface area contributed by atoms with Crippen molar-refractivity contribution in [3.05, 3.63) is 70.8 Å². The van der Waals surface area contributed by atoms with E-state index in [1.807, 2.05) is 41.8 Å². The summed E-state index contributed by atoms with van der Waals surface area (Å²) < 4.78 is 0. The number of likely N-dealkylation sites (tertiary alicyclic amines) is 1. The van der Waals surface area contributed by atoms with Crippen molar-refractivity contribution in [2.24, 2.45) is 15.9 Å². The number of rotatable bonds is 4. The van der Waals surface area contributed by atoms with Gasteiger partial charge in [0, 0.05) is 47.8 Å². The number of nitrogens with zero attached hydrogens (tertiary/aromatic N) is 4. The molecule has 7 nitrogen and oxygen atoms in total. The van der Waals surface area contributed by atoms with Crippen LogP contribution in [-0.4, -0.2) is 57.5 Å². The minimum atomic E-state index is -0.281. The largest absolute Gasteiger partial charge is 0.357 e. The number of fused-ring (bicyclic) bond motifs is 2. The van der Waals surface area contributed by atoms with E-state index in [0.717, 1.165) is 47.9 Å². The number of H-pyrrole nitrogens is 1. The highest BCUT2D eigenvalue weighted by Crippen LogP contribution is 2.44. The van der Waals surface area contributed by atoms with E-state index >= 15 is 0 Å². The number of carbonyl (C=O) groups excluding carboxylic acids is 1. The lowest BCUT2D eigenvalue weighted by atomic mass is 9.84. The number of amidine groups is 1. The number of thiophene rings is 1. The normalized spacial score (nSPS) is 26.7. The van der Waals surface area contributed by atoms with Crippen LogP contribution in [0.5, 0.6) is 0 Å². The standard InChI is InChI=1S/C28H32N6OS/c1-3-29-27-26-25(23-17-19-7-4-5-9-22(19)31-23)32-28(2,34(26)15-12-30-27)20-10-13-33(14-11-20)24(35)18-21-8-6-16-36-21/h3-9,12,15-17,20,25-26,31-32H,10-11,13-14,18H2,1-2H3. The Balaban J connectivity index is 1.25.